The first-order valence-corrected chi connectivity index (χ1v) is 11.4. The Labute approximate surface area is 195 Å². The van der Waals surface area contributed by atoms with Crippen molar-refractivity contribution in [2.45, 2.75) is 44.6 Å². The Balaban J connectivity index is 1.73. The molecule has 3 rings (SSSR count). The van der Waals surface area contributed by atoms with Crippen LogP contribution in [0.3, 0.4) is 0 Å². The molecule has 1 unspecified atom stereocenters. The normalized spacial score (nSPS) is 14.8. The fourth-order valence-corrected chi connectivity index (χ4v) is 4.45. The number of aryl methyl sites for hydroxylation is 1. The van der Waals surface area contributed by atoms with Crippen molar-refractivity contribution in [3.05, 3.63) is 64.7 Å². The number of carboxylic acid groups (broad SMARTS) is 1. The van der Waals surface area contributed by atoms with Gasteiger partial charge in [0.25, 0.3) is 0 Å². The molecule has 0 radical (unpaired) electrons. The predicted molar refractivity (Wildman–Crippen MR) is 125 cm³/mol. The maximum atomic E-state index is 11.5. The smallest absolute Gasteiger partial charge is 0.335 e. The number of rotatable bonds is 13. The van der Waals surface area contributed by atoms with Gasteiger partial charge in [-0.2, -0.15) is 0 Å². The molecule has 178 valence electrons. The SMILES string of the molecule is COCOc1ccccc1CCN(CCCCC(=O)OC)C1CCc2cc(C(=O)O)ccc21. The Morgan fingerprint density at radius 1 is 1.09 bits per heavy atom. The minimum Gasteiger partial charge on any atom is -0.478 e. The van der Waals surface area contributed by atoms with Gasteiger partial charge in [0.1, 0.15) is 5.75 Å². The highest BCUT2D eigenvalue weighted by Crippen LogP contribution is 2.37. The highest BCUT2D eigenvalue weighted by Gasteiger charge is 2.28. The third-order valence-electron chi connectivity index (χ3n) is 6.15. The maximum Gasteiger partial charge on any atom is 0.335 e. The van der Waals surface area contributed by atoms with E-state index in [0.717, 1.165) is 62.1 Å². The third kappa shape index (κ3) is 6.79. The van der Waals surface area contributed by atoms with Crippen molar-refractivity contribution in [3.63, 3.8) is 0 Å². The Bertz CT molecular complexity index is 944. The summed E-state index contributed by atoms with van der Waals surface area (Å²) in [6.45, 7) is 1.88. The molecular formula is C26H33NO6. The van der Waals surface area contributed by atoms with Gasteiger partial charge in [-0.25, -0.2) is 4.79 Å². The number of hydrogen-bond acceptors (Lipinski definition) is 6. The van der Waals surface area contributed by atoms with Crippen molar-refractivity contribution in [1.82, 2.24) is 4.90 Å². The largest absolute Gasteiger partial charge is 0.478 e. The molecule has 0 heterocycles. The molecule has 7 heteroatoms. The second-order valence-corrected chi connectivity index (χ2v) is 8.25. The van der Waals surface area contributed by atoms with Crippen LogP contribution in [0.15, 0.2) is 42.5 Å². The summed E-state index contributed by atoms with van der Waals surface area (Å²) in [5.74, 6) is -0.255. The Morgan fingerprint density at radius 3 is 2.67 bits per heavy atom. The molecule has 2 aromatic rings. The number of benzene rings is 2. The van der Waals surface area contributed by atoms with E-state index in [1.807, 2.05) is 24.3 Å². The van der Waals surface area contributed by atoms with Gasteiger partial charge >= 0.3 is 11.9 Å². The van der Waals surface area contributed by atoms with E-state index in [4.69, 9.17) is 14.2 Å². The number of para-hydroxylation sites is 1. The summed E-state index contributed by atoms with van der Waals surface area (Å²) in [6, 6.07) is 13.7. The number of hydrogen-bond donors (Lipinski definition) is 1. The van der Waals surface area contributed by atoms with Gasteiger partial charge in [-0.15, -0.1) is 0 Å². The van der Waals surface area contributed by atoms with E-state index in [1.54, 1.807) is 19.2 Å². The van der Waals surface area contributed by atoms with Crippen LogP contribution in [0.25, 0.3) is 0 Å². The van der Waals surface area contributed by atoms with Crippen LogP contribution in [0.1, 0.15) is 58.8 Å². The summed E-state index contributed by atoms with van der Waals surface area (Å²) in [7, 11) is 3.02. The fourth-order valence-electron chi connectivity index (χ4n) is 4.45. The molecule has 0 saturated carbocycles. The van der Waals surface area contributed by atoms with Gasteiger partial charge in [-0.05, 0) is 73.5 Å². The van der Waals surface area contributed by atoms with Gasteiger partial charge in [0.15, 0.2) is 6.79 Å². The van der Waals surface area contributed by atoms with E-state index in [2.05, 4.69) is 11.0 Å². The first-order valence-electron chi connectivity index (χ1n) is 11.4. The first kappa shape index (κ1) is 24.7. The van der Waals surface area contributed by atoms with Crippen molar-refractivity contribution < 1.29 is 28.9 Å². The molecule has 0 amide bonds. The molecule has 1 aliphatic rings. The molecule has 0 aromatic heterocycles. The zero-order valence-corrected chi connectivity index (χ0v) is 19.4. The van der Waals surface area contributed by atoms with E-state index in [9.17, 15) is 14.7 Å². The molecule has 0 aliphatic heterocycles. The van der Waals surface area contributed by atoms with Crippen molar-refractivity contribution in [1.29, 1.82) is 0 Å². The quantitative estimate of drug-likeness (QED) is 0.275. The van der Waals surface area contributed by atoms with Crippen molar-refractivity contribution >= 4 is 11.9 Å². The number of esters is 1. The topological polar surface area (TPSA) is 85.3 Å². The Hall–Kier alpha value is -2.90. The lowest BCUT2D eigenvalue weighted by atomic mass is 10.0. The highest BCUT2D eigenvalue weighted by atomic mass is 16.7. The molecule has 0 saturated heterocycles. The number of unbranched alkanes of at least 4 members (excludes halogenated alkanes) is 1. The Morgan fingerprint density at radius 2 is 1.91 bits per heavy atom. The molecule has 7 nitrogen and oxygen atoms in total. The summed E-state index contributed by atoms with van der Waals surface area (Å²) in [5.41, 5.74) is 3.77. The van der Waals surface area contributed by atoms with Crippen LogP contribution >= 0.6 is 0 Å². The van der Waals surface area contributed by atoms with Crippen LogP contribution in [0, 0.1) is 0 Å². The molecule has 1 aliphatic carbocycles. The van der Waals surface area contributed by atoms with E-state index < -0.39 is 5.97 Å². The molecule has 0 spiro atoms. The predicted octanol–water partition coefficient (Wildman–Crippen LogP) is 4.24. The lowest BCUT2D eigenvalue weighted by Crippen LogP contribution is -2.31. The van der Waals surface area contributed by atoms with Crippen molar-refractivity contribution in [2.75, 3.05) is 34.1 Å². The molecule has 33 heavy (non-hydrogen) atoms. The average Bonchev–Trinajstić information content (AvgIpc) is 3.25. The number of nitrogens with zero attached hydrogens (tertiary/aromatic N) is 1. The summed E-state index contributed by atoms with van der Waals surface area (Å²) in [6.07, 6.45) is 4.71. The highest BCUT2D eigenvalue weighted by molar-refractivity contribution is 5.88. The van der Waals surface area contributed by atoms with E-state index in [-0.39, 0.29) is 18.8 Å². The maximum absolute atomic E-state index is 11.5. The van der Waals surface area contributed by atoms with Gasteiger partial charge < -0.3 is 19.3 Å². The van der Waals surface area contributed by atoms with E-state index >= 15 is 0 Å². The number of carbonyl (C=O) groups excluding carboxylic acids is 1. The lowest BCUT2D eigenvalue weighted by Gasteiger charge is -2.30. The molecule has 0 bridgehead atoms. The standard InChI is InChI=1S/C26H33NO6/c1-31-18-33-24-8-4-3-7-19(24)14-16-27(15-6-5-9-25(28)32-2)23-13-11-20-17-21(26(29)30)10-12-22(20)23/h3-4,7-8,10,12,17,23H,5-6,9,11,13-16,18H2,1-2H3,(H,29,30). The minimum absolute atomic E-state index is 0.182. The van der Waals surface area contributed by atoms with Gasteiger partial charge in [-0.1, -0.05) is 24.3 Å². The Kier molecular flexibility index (Phi) is 9.27. The number of aromatic carboxylic acids is 1. The zero-order chi connectivity index (χ0) is 23.6. The molecular weight excluding hydrogens is 422 g/mol. The second kappa shape index (κ2) is 12.4. The second-order valence-electron chi connectivity index (χ2n) is 8.25. The number of ether oxygens (including phenoxy) is 3. The zero-order valence-electron chi connectivity index (χ0n) is 19.4. The monoisotopic (exact) mass is 455 g/mol. The van der Waals surface area contributed by atoms with Gasteiger partial charge in [-0.3, -0.25) is 9.69 Å². The molecule has 1 atom stereocenters. The molecule has 0 fully saturated rings. The summed E-state index contributed by atoms with van der Waals surface area (Å²) in [5, 5.41) is 9.33. The van der Waals surface area contributed by atoms with Crippen LogP contribution in [0.2, 0.25) is 0 Å². The van der Waals surface area contributed by atoms with Gasteiger partial charge in [0, 0.05) is 26.1 Å². The molecule has 1 N–H and O–H groups in total. The number of methoxy groups -OCH3 is 2. The number of fused-ring (bicyclic) bond motifs is 1. The summed E-state index contributed by atoms with van der Waals surface area (Å²) < 4.78 is 15.5. The number of carboxylic acids is 1. The van der Waals surface area contributed by atoms with Gasteiger partial charge in [0.05, 0.1) is 12.7 Å². The van der Waals surface area contributed by atoms with E-state index in [1.165, 1.54) is 12.7 Å². The van der Waals surface area contributed by atoms with Crippen LogP contribution in [-0.2, 0) is 27.1 Å². The van der Waals surface area contributed by atoms with Crippen molar-refractivity contribution in [3.8, 4) is 5.75 Å². The van der Waals surface area contributed by atoms with Crippen LogP contribution in [0.4, 0.5) is 0 Å². The minimum atomic E-state index is -0.895. The van der Waals surface area contributed by atoms with Gasteiger partial charge in [0.2, 0.25) is 0 Å². The number of carbonyl (C=O) groups is 2. The summed E-state index contributed by atoms with van der Waals surface area (Å²) in [4.78, 5) is 25.3. The van der Waals surface area contributed by atoms with E-state index in [0.29, 0.717) is 12.0 Å². The average molecular weight is 456 g/mol. The molecule has 2 aromatic carbocycles. The van der Waals surface area contributed by atoms with Crippen LogP contribution in [-0.4, -0.2) is 56.0 Å². The van der Waals surface area contributed by atoms with Crippen LogP contribution < -0.4 is 4.74 Å². The lowest BCUT2D eigenvalue weighted by molar-refractivity contribution is -0.140. The first-order chi connectivity index (χ1) is 16.0. The fraction of sp³-hybridized carbons (Fsp3) is 0.462. The third-order valence-corrected chi connectivity index (χ3v) is 6.15. The van der Waals surface area contributed by atoms with Crippen LogP contribution in [0.5, 0.6) is 5.75 Å². The van der Waals surface area contributed by atoms with Crippen molar-refractivity contribution in [2.24, 2.45) is 0 Å². The summed E-state index contributed by atoms with van der Waals surface area (Å²) >= 11 is 0.